The maximum absolute atomic E-state index is 11.3. The Kier molecular flexibility index (Phi) is 3.49. The van der Waals surface area contributed by atoms with E-state index in [-0.39, 0.29) is 6.54 Å². The molecule has 8 heteroatoms. The van der Waals surface area contributed by atoms with Crippen molar-refractivity contribution in [3.8, 4) is 0 Å². The third-order valence-corrected chi connectivity index (χ3v) is 2.98. The Morgan fingerprint density at radius 3 is 2.53 bits per heavy atom. The van der Waals surface area contributed by atoms with Crippen LogP contribution in [0.25, 0.3) is 0 Å². The zero-order valence-corrected chi connectivity index (χ0v) is 9.01. The van der Waals surface area contributed by atoms with E-state index in [4.69, 9.17) is 9.79 Å². The van der Waals surface area contributed by atoms with E-state index in [1.807, 2.05) is 0 Å². The Morgan fingerprint density at radius 1 is 1.47 bits per heavy atom. The molecule has 1 heterocycles. The quantitative estimate of drug-likeness (QED) is 0.514. The number of hydrogen-bond donors (Lipinski definition) is 2. The first kappa shape index (κ1) is 12.2. The average molecular weight is 237 g/mol. The van der Waals surface area contributed by atoms with Crippen LogP contribution in [0.2, 0.25) is 0 Å². The molecule has 0 aromatic carbocycles. The van der Waals surface area contributed by atoms with Crippen molar-refractivity contribution in [3.63, 3.8) is 0 Å². The lowest BCUT2D eigenvalue weighted by atomic mass is 10.2. The number of carbonyl (C=O) groups is 2. The topological polar surface area (TPSA) is 104 Å². The number of hydrogen-bond acceptors (Lipinski definition) is 4. The molecule has 0 spiro atoms. The molecule has 1 saturated heterocycles. The lowest BCUT2D eigenvalue weighted by molar-refractivity contribution is -0.144. The van der Waals surface area contributed by atoms with Crippen molar-refractivity contribution in [1.29, 1.82) is 0 Å². The van der Waals surface area contributed by atoms with E-state index in [9.17, 15) is 14.2 Å². The summed E-state index contributed by atoms with van der Waals surface area (Å²) < 4.78 is 15.2. The standard InChI is InChI=1S/C7H12NO6P/c1-14-6(9)5-3-2-4-8(5)7(10)15(11,12)13/h5H,2-4H2,1H3,(H2,11,12,13). The summed E-state index contributed by atoms with van der Waals surface area (Å²) in [6.45, 7) is 0.170. The van der Waals surface area contributed by atoms with Crippen molar-refractivity contribution >= 4 is 19.2 Å². The average Bonchev–Trinajstić information content (AvgIpc) is 2.62. The summed E-state index contributed by atoms with van der Waals surface area (Å²) >= 11 is 0. The fourth-order valence-electron chi connectivity index (χ4n) is 1.54. The number of carbonyl (C=O) groups excluding carboxylic acids is 2. The molecule has 2 N–H and O–H groups in total. The summed E-state index contributed by atoms with van der Waals surface area (Å²) in [6.07, 6.45) is 0.907. The lowest BCUT2D eigenvalue weighted by Crippen LogP contribution is -2.40. The van der Waals surface area contributed by atoms with Crippen LogP contribution in [0.1, 0.15) is 12.8 Å². The number of amides is 1. The molecule has 1 fully saturated rings. The summed E-state index contributed by atoms with van der Waals surface area (Å²) in [4.78, 5) is 40.7. The molecule has 86 valence electrons. The van der Waals surface area contributed by atoms with Gasteiger partial charge in [-0.25, -0.2) is 9.36 Å². The molecular weight excluding hydrogens is 225 g/mol. The number of nitrogens with zero attached hydrogens (tertiary/aromatic N) is 1. The van der Waals surface area contributed by atoms with Crippen LogP contribution in [-0.4, -0.2) is 46.0 Å². The lowest BCUT2D eigenvalue weighted by Gasteiger charge is -2.22. The Morgan fingerprint density at radius 2 is 2.07 bits per heavy atom. The number of likely N-dealkylation sites (tertiary alicyclic amines) is 1. The molecule has 1 amide bonds. The Hall–Kier alpha value is -0.910. The molecule has 0 bridgehead atoms. The van der Waals surface area contributed by atoms with Gasteiger partial charge in [0.05, 0.1) is 7.11 Å². The van der Waals surface area contributed by atoms with E-state index < -0.39 is 25.3 Å². The molecule has 0 radical (unpaired) electrons. The van der Waals surface area contributed by atoms with Gasteiger partial charge in [-0.2, -0.15) is 0 Å². The van der Waals surface area contributed by atoms with Crippen LogP contribution in [0.5, 0.6) is 0 Å². The van der Waals surface area contributed by atoms with Crippen LogP contribution in [0, 0.1) is 0 Å². The van der Waals surface area contributed by atoms with Crippen LogP contribution < -0.4 is 0 Å². The summed E-state index contributed by atoms with van der Waals surface area (Å²) in [6, 6.07) is -0.866. The molecule has 0 aliphatic carbocycles. The summed E-state index contributed by atoms with van der Waals surface area (Å²) in [5.41, 5.74) is -1.31. The Bertz CT molecular complexity index is 323. The van der Waals surface area contributed by atoms with Crippen molar-refractivity contribution in [3.05, 3.63) is 0 Å². The molecule has 1 rings (SSSR count). The first-order valence-corrected chi connectivity index (χ1v) is 5.93. The molecule has 15 heavy (non-hydrogen) atoms. The number of esters is 1. The van der Waals surface area contributed by atoms with Gasteiger partial charge in [0.2, 0.25) is 0 Å². The van der Waals surface area contributed by atoms with Crippen molar-refractivity contribution in [2.75, 3.05) is 13.7 Å². The van der Waals surface area contributed by atoms with Gasteiger partial charge in [0.1, 0.15) is 6.04 Å². The Labute approximate surface area is 86.2 Å². The SMILES string of the molecule is COC(=O)C1CCCN1C(=O)P(=O)(O)O. The largest absolute Gasteiger partial charge is 0.467 e. The van der Waals surface area contributed by atoms with Crippen LogP contribution in [0.4, 0.5) is 4.79 Å². The molecule has 1 unspecified atom stereocenters. The van der Waals surface area contributed by atoms with Crippen LogP contribution in [0.15, 0.2) is 0 Å². The van der Waals surface area contributed by atoms with Gasteiger partial charge < -0.3 is 19.4 Å². The van der Waals surface area contributed by atoms with Gasteiger partial charge in [-0.3, -0.25) is 4.79 Å². The van der Waals surface area contributed by atoms with E-state index in [2.05, 4.69) is 4.74 Å². The zero-order valence-electron chi connectivity index (χ0n) is 8.12. The third-order valence-electron chi connectivity index (χ3n) is 2.22. The maximum Gasteiger partial charge on any atom is 0.413 e. The van der Waals surface area contributed by atoms with Crippen molar-refractivity contribution in [2.45, 2.75) is 18.9 Å². The molecule has 1 aliphatic rings. The monoisotopic (exact) mass is 237 g/mol. The molecule has 7 nitrogen and oxygen atoms in total. The van der Waals surface area contributed by atoms with Gasteiger partial charge >= 0.3 is 19.2 Å². The maximum atomic E-state index is 11.3. The molecule has 0 aromatic heterocycles. The summed E-state index contributed by atoms with van der Waals surface area (Å²) in [5.74, 6) is -0.644. The Balaban J connectivity index is 2.82. The second-order valence-corrected chi connectivity index (χ2v) is 4.67. The fourth-order valence-corrected chi connectivity index (χ4v) is 2.12. The van der Waals surface area contributed by atoms with Crippen molar-refractivity contribution in [1.82, 2.24) is 4.90 Å². The smallest absolute Gasteiger partial charge is 0.413 e. The second kappa shape index (κ2) is 4.30. The van der Waals surface area contributed by atoms with Crippen LogP contribution in [-0.2, 0) is 14.1 Å². The molecular formula is C7H12NO6P. The molecule has 1 atom stereocenters. The number of ether oxygens (including phenoxy) is 1. The number of rotatable bonds is 2. The van der Waals surface area contributed by atoms with Crippen LogP contribution in [0.3, 0.4) is 0 Å². The van der Waals surface area contributed by atoms with E-state index in [1.54, 1.807) is 0 Å². The summed E-state index contributed by atoms with van der Waals surface area (Å²) in [5, 5.41) is 0. The highest BCUT2D eigenvalue weighted by Crippen LogP contribution is 2.40. The fraction of sp³-hybridized carbons (Fsp3) is 0.714. The normalized spacial score (nSPS) is 21.5. The van der Waals surface area contributed by atoms with Gasteiger partial charge in [-0.15, -0.1) is 0 Å². The molecule has 1 aliphatic heterocycles. The van der Waals surface area contributed by atoms with Gasteiger partial charge in [0.25, 0.3) is 0 Å². The van der Waals surface area contributed by atoms with Crippen LogP contribution >= 0.6 is 7.60 Å². The highest BCUT2D eigenvalue weighted by Gasteiger charge is 2.41. The minimum Gasteiger partial charge on any atom is -0.467 e. The highest BCUT2D eigenvalue weighted by atomic mass is 31.2. The molecule has 0 saturated carbocycles. The zero-order chi connectivity index (χ0) is 11.6. The number of methoxy groups -OCH3 is 1. The first-order valence-electron chi connectivity index (χ1n) is 4.32. The van der Waals surface area contributed by atoms with E-state index in [1.165, 1.54) is 7.11 Å². The molecule has 0 aromatic rings. The van der Waals surface area contributed by atoms with Gasteiger partial charge in [-0.1, -0.05) is 0 Å². The van der Waals surface area contributed by atoms with E-state index >= 15 is 0 Å². The second-order valence-electron chi connectivity index (χ2n) is 3.20. The van der Waals surface area contributed by atoms with E-state index in [0.717, 1.165) is 4.90 Å². The minimum atomic E-state index is -4.81. The van der Waals surface area contributed by atoms with Gasteiger partial charge in [0.15, 0.2) is 0 Å². The van der Waals surface area contributed by atoms with Gasteiger partial charge in [-0.05, 0) is 12.8 Å². The summed E-state index contributed by atoms with van der Waals surface area (Å²) in [7, 11) is -3.65. The minimum absolute atomic E-state index is 0.170. The van der Waals surface area contributed by atoms with E-state index in [0.29, 0.717) is 12.8 Å². The highest BCUT2D eigenvalue weighted by molar-refractivity contribution is 7.69. The van der Waals surface area contributed by atoms with Crippen molar-refractivity contribution in [2.24, 2.45) is 0 Å². The van der Waals surface area contributed by atoms with Crippen molar-refractivity contribution < 1.29 is 28.7 Å². The predicted molar refractivity (Wildman–Crippen MR) is 49.2 cm³/mol. The predicted octanol–water partition coefficient (Wildman–Crippen LogP) is -0.0785. The third kappa shape index (κ3) is 2.56. The first-order chi connectivity index (χ1) is 6.88. The van der Waals surface area contributed by atoms with Gasteiger partial charge in [0, 0.05) is 6.54 Å².